The van der Waals surface area contributed by atoms with Crippen molar-refractivity contribution in [3.05, 3.63) is 71.8 Å². The molecule has 2 aliphatic heterocycles. The Labute approximate surface area is 302 Å². The van der Waals surface area contributed by atoms with Crippen LogP contribution in [0.4, 0.5) is 27.2 Å². The smallest absolute Gasteiger partial charge is 0.410 e. The molecule has 10 nitrogen and oxygen atoms in total. The second-order valence-corrected chi connectivity index (χ2v) is 15.0. The minimum atomic E-state index is -2.62. The normalized spacial score (nSPS) is 20.3. The Morgan fingerprint density at radius 2 is 0.923 bits per heavy atom. The molecule has 2 aromatic rings. The Morgan fingerprint density at radius 3 is 1.21 bits per heavy atom. The number of alkyl halides is 4. The van der Waals surface area contributed by atoms with Crippen LogP contribution < -0.4 is 0 Å². The molecule has 2 aromatic carbocycles. The number of esters is 2. The van der Waals surface area contributed by atoms with E-state index in [0.717, 1.165) is 11.1 Å². The lowest BCUT2D eigenvalue weighted by atomic mass is 9.93. The minimum Gasteiger partial charge on any atom is -0.461 e. The SMILES string of the molecule is CC(C)(C)OC(=O)N1C[C@@H](CC(=O)OCc2ccccc2)[C@H](C(F)F)C1.CC(C)(C)OC(=O)N1C[C@H](CC(=O)OCc2ccccc2)[C@@H](C(F)F)C1. The first-order chi connectivity index (χ1) is 24.3. The van der Waals surface area contributed by atoms with Gasteiger partial charge in [-0.1, -0.05) is 60.7 Å². The summed E-state index contributed by atoms with van der Waals surface area (Å²) in [6, 6.07) is 18.3. The first-order valence-corrected chi connectivity index (χ1v) is 17.2. The molecule has 2 amide bonds. The standard InChI is InChI=1S/2C19H25F2NO4/c2*1-19(2,3)26-18(24)22-10-14(15(11-22)17(20)21)9-16(23)25-12-13-7-5-4-6-8-13/h2*4-8,14-15,17H,9-12H2,1-3H3/t2*14-,15-/m10/s1. The Bertz CT molecular complexity index is 1340. The van der Waals surface area contributed by atoms with Crippen molar-refractivity contribution >= 4 is 24.1 Å². The fraction of sp³-hybridized carbons (Fsp3) is 0.579. The van der Waals surface area contributed by atoms with E-state index in [1.807, 2.05) is 60.7 Å². The Balaban J connectivity index is 0.000000280. The predicted molar refractivity (Wildman–Crippen MR) is 183 cm³/mol. The van der Waals surface area contributed by atoms with Crippen molar-refractivity contribution in [2.45, 2.75) is 91.7 Å². The van der Waals surface area contributed by atoms with Gasteiger partial charge in [-0.2, -0.15) is 0 Å². The van der Waals surface area contributed by atoms with Crippen LogP contribution in [0.25, 0.3) is 0 Å². The lowest BCUT2D eigenvalue weighted by Gasteiger charge is -2.24. The Hall–Kier alpha value is -4.36. The van der Waals surface area contributed by atoms with E-state index in [4.69, 9.17) is 18.9 Å². The number of carbonyl (C=O) groups excluding carboxylic acids is 4. The summed E-state index contributed by atoms with van der Waals surface area (Å²) in [7, 11) is 0. The van der Waals surface area contributed by atoms with Crippen molar-refractivity contribution in [2.24, 2.45) is 23.7 Å². The molecule has 0 aliphatic carbocycles. The van der Waals surface area contributed by atoms with E-state index in [1.54, 1.807) is 41.5 Å². The summed E-state index contributed by atoms with van der Waals surface area (Å²) in [5, 5.41) is 0. The molecular formula is C38H50F4N2O8. The number of ether oxygens (including phenoxy) is 4. The summed E-state index contributed by atoms with van der Waals surface area (Å²) < 4.78 is 74.2. The summed E-state index contributed by atoms with van der Waals surface area (Å²) in [6.45, 7) is 10.3. The molecule has 14 heteroatoms. The number of hydrogen-bond donors (Lipinski definition) is 0. The van der Waals surface area contributed by atoms with Crippen molar-refractivity contribution in [1.82, 2.24) is 9.80 Å². The van der Waals surface area contributed by atoms with Gasteiger partial charge in [0.15, 0.2) is 0 Å². The molecule has 0 unspecified atom stereocenters. The van der Waals surface area contributed by atoms with Gasteiger partial charge in [0.1, 0.15) is 24.4 Å². The van der Waals surface area contributed by atoms with Gasteiger partial charge in [0.2, 0.25) is 12.9 Å². The van der Waals surface area contributed by atoms with Gasteiger partial charge >= 0.3 is 24.1 Å². The number of rotatable bonds is 10. The van der Waals surface area contributed by atoms with Gasteiger partial charge in [0.25, 0.3) is 0 Å². The largest absolute Gasteiger partial charge is 0.461 e. The van der Waals surface area contributed by atoms with Crippen LogP contribution in [0.5, 0.6) is 0 Å². The second-order valence-electron chi connectivity index (χ2n) is 15.0. The van der Waals surface area contributed by atoms with Crippen LogP contribution in [0.15, 0.2) is 60.7 Å². The summed E-state index contributed by atoms with van der Waals surface area (Å²) in [5.74, 6) is -4.51. The van der Waals surface area contributed by atoms with Gasteiger partial charge in [0, 0.05) is 38.0 Å². The van der Waals surface area contributed by atoms with Crippen molar-refractivity contribution < 1.29 is 55.7 Å². The molecule has 0 N–H and O–H groups in total. The van der Waals surface area contributed by atoms with Gasteiger partial charge in [-0.15, -0.1) is 0 Å². The van der Waals surface area contributed by atoms with Gasteiger partial charge in [0.05, 0.1) is 12.8 Å². The molecule has 4 rings (SSSR count). The van der Waals surface area contributed by atoms with E-state index < -0.39 is 71.8 Å². The van der Waals surface area contributed by atoms with Crippen LogP contribution >= 0.6 is 0 Å². The predicted octanol–water partition coefficient (Wildman–Crippen LogP) is 7.74. The van der Waals surface area contributed by atoms with Crippen molar-refractivity contribution in [3.8, 4) is 0 Å². The first kappa shape index (κ1) is 42.1. The molecule has 0 saturated carbocycles. The number of likely N-dealkylation sites (tertiary alicyclic amines) is 2. The second kappa shape index (κ2) is 18.9. The molecule has 2 fully saturated rings. The van der Waals surface area contributed by atoms with Gasteiger partial charge in [-0.3, -0.25) is 9.59 Å². The summed E-state index contributed by atoms with van der Waals surface area (Å²) >= 11 is 0. The van der Waals surface area contributed by atoms with Gasteiger partial charge in [-0.25, -0.2) is 27.2 Å². The van der Waals surface area contributed by atoms with E-state index in [9.17, 15) is 36.7 Å². The van der Waals surface area contributed by atoms with Crippen LogP contribution in [0.2, 0.25) is 0 Å². The molecule has 2 saturated heterocycles. The highest BCUT2D eigenvalue weighted by molar-refractivity contribution is 5.72. The molecule has 2 aliphatic rings. The lowest BCUT2D eigenvalue weighted by molar-refractivity contribution is -0.147. The maximum absolute atomic E-state index is 13.3. The number of benzene rings is 2. The number of nitrogens with zero attached hydrogens (tertiary/aromatic N) is 2. The zero-order valence-electron chi connectivity index (χ0n) is 30.6. The summed E-state index contributed by atoms with van der Waals surface area (Å²) in [5.41, 5.74) is 0.245. The van der Waals surface area contributed by atoms with E-state index in [2.05, 4.69) is 0 Å². The van der Waals surface area contributed by atoms with Gasteiger partial charge < -0.3 is 28.7 Å². The molecule has 0 aromatic heterocycles. The average molecular weight is 739 g/mol. The highest BCUT2D eigenvalue weighted by Gasteiger charge is 2.44. The van der Waals surface area contributed by atoms with Crippen molar-refractivity contribution in [3.63, 3.8) is 0 Å². The quantitative estimate of drug-likeness (QED) is 0.138. The van der Waals surface area contributed by atoms with Crippen LogP contribution in [-0.4, -0.2) is 84.2 Å². The summed E-state index contributed by atoms with van der Waals surface area (Å²) in [4.78, 5) is 50.8. The molecule has 0 bridgehead atoms. The molecule has 288 valence electrons. The molecular weight excluding hydrogens is 688 g/mol. The fourth-order valence-electron chi connectivity index (χ4n) is 5.77. The van der Waals surface area contributed by atoms with Crippen LogP contribution in [0.1, 0.15) is 65.5 Å². The van der Waals surface area contributed by atoms with Crippen LogP contribution in [-0.2, 0) is 41.8 Å². The minimum absolute atomic E-state index is 0.0599. The van der Waals surface area contributed by atoms with E-state index in [-0.39, 0.29) is 52.2 Å². The highest BCUT2D eigenvalue weighted by atomic mass is 19.3. The third-order valence-electron chi connectivity index (χ3n) is 8.28. The van der Waals surface area contributed by atoms with Crippen molar-refractivity contribution in [1.29, 1.82) is 0 Å². The van der Waals surface area contributed by atoms with E-state index in [1.165, 1.54) is 9.80 Å². The van der Waals surface area contributed by atoms with E-state index >= 15 is 0 Å². The third-order valence-corrected chi connectivity index (χ3v) is 8.28. The molecule has 2 heterocycles. The molecule has 52 heavy (non-hydrogen) atoms. The van der Waals surface area contributed by atoms with E-state index in [0.29, 0.717) is 0 Å². The maximum Gasteiger partial charge on any atom is 0.410 e. The zero-order valence-corrected chi connectivity index (χ0v) is 30.6. The van der Waals surface area contributed by atoms with Crippen LogP contribution in [0, 0.1) is 23.7 Å². The maximum atomic E-state index is 13.3. The van der Waals surface area contributed by atoms with Crippen molar-refractivity contribution in [2.75, 3.05) is 26.2 Å². The lowest BCUT2D eigenvalue weighted by Crippen LogP contribution is -2.35. The Kier molecular flexibility index (Phi) is 15.3. The Morgan fingerprint density at radius 1 is 0.596 bits per heavy atom. The average Bonchev–Trinajstić information content (AvgIpc) is 3.68. The number of amides is 2. The van der Waals surface area contributed by atoms with Crippen LogP contribution in [0.3, 0.4) is 0 Å². The molecule has 4 atom stereocenters. The zero-order chi connectivity index (χ0) is 38.6. The van der Waals surface area contributed by atoms with Gasteiger partial charge in [-0.05, 0) is 64.5 Å². The summed E-state index contributed by atoms with van der Waals surface area (Å²) in [6.07, 6.45) is -6.81. The first-order valence-electron chi connectivity index (χ1n) is 17.2. The fourth-order valence-corrected chi connectivity index (χ4v) is 5.77. The molecule has 0 spiro atoms. The third kappa shape index (κ3) is 14.3. The number of hydrogen-bond acceptors (Lipinski definition) is 8. The molecule has 0 radical (unpaired) electrons. The number of halogens is 4. The topological polar surface area (TPSA) is 112 Å². The monoisotopic (exact) mass is 738 g/mol. The highest BCUT2D eigenvalue weighted by Crippen LogP contribution is 2.34. The number of carbonyl (C=O) groups is 4.